The van der Waals surface area contributed by atoms with Gasteiger partial charge < -0.3 is 14.6 Å². The molecule has 0 saturated heterocycles. The zero-order valence-corrected chi connectivity index (χ0v) is 21.7. The number of aromatic nitrogens is 4. The van der Waals surface area contributed by atoms with E-state index in [0.29, 0.717) is 35.1 Å². The van der Waals surface area contributed by atoms with Crippen LogP contribution in [0.5, 0.6) is 10.9 Å². The molecule has 1 amide bonds. The molecule has 0 saturated carbocycles. The van der Waals surface area contributed by atoms with Gasteiger partial charge in [-0.15, -0.1) is 5.10 Å². The van der Waals surface area contributed by atoms with E-state index in [1.807, 2.05) is 39.0 Å². The number of amides is 1. The first-order valence-corrected chi connectivity index (χ1v) is 12.4. The molecular weight excluding hydrogens is 494 g/mol. The summed E-state index contributed by atoms with van der Waals surface area (Å²) in [5.74, 6) is -0.589. The number of aliphatic carboxylic acids is 1. The number of carboxylic acids is 1. The third-order valence-corrected chi connectivity index (χ3v) is 6.79. The minimum absolute atomic E-state index is 0.00929. The lowest BCUT2D eigenvalue weighted by atomic mass is 9.93. The van der Waals surface area contributed by atoms with Gasteiger partial charge in [0.05, 0.1) is 31.1 Å². The molecule has 0 bridgehead atoms. The molecule has 2 N–H and O–H groups in total. The molecule has 2 atom stereocenters. The SMILES string of the molecule is COc1cnc(C)cc1-c1cc(C)ncc1C(=O)Nc1nnc(OCC2C=CC(C(=O)O)=CCC2C)s1. The second-order valence-corrected chi connectivity index (χ2v) is 9.68. The van der Waals surface area contributed by atoms with Crippen LogP contribution in [0.4, 0.5) is 5.13 Å². The summed E-state index contributed by atoms with van der Waals surface area (Å²) in [6, 6.07) is 3.69. The zero-order chi connectivity index (χ0) is 26.5. The minimum Gasteiger partial charge on any atom is -0.494 e. The summed E-state index contributed by atoms with van der Waals surface area (Å²) >= 11 is 1.11. The van der Waals surface area contributed by atoms with E-state index in [4.69, 9.17) is 9.47 Å². The van der Waals surface area contributed by atoms with Crippen LogP contribution in [-0.4, -0.2) is 50.9 Å². The van der Waals surface area contributed by atoms with Gasteiger partial charge in [0.25, 0.3) is 11.1 Å². The van der Waals surface area contributed by atoms with Gasteiger partial charge in [-0.2, -0.15) is 0 Å². The Balaban J connectivity index is 1.47. The van der Waals surface area contributed by atoms with Crippen LogP contribution in [0, 0.1) is 25.7 Å². The third kappa shape index (κ3) is 6.18. The lowest BCUT2D eigenvalue weighted by molar-refractivity contribution is -0.132. The molecule has 11 heteroatoms. The first-order valence-electron chi connectivity index (χ1n) is 11.6. The number of carbonyl (C=O) groups is 2. The first-order chi connectivity index (χ1) is 17.7. The minimum atomic E-state index is -0.945. The van der Waals surface area contributed by atoms with Crippen molar-refractivity contribution in [1.29, 1.82) is 0 Å². The molecule has 1 aliphatic rings. The van der Waals surface area contributed by atoms with Gasteiger partial charge in [-0.1, -0.05) is 30.3 Å². The number of nitrogens with one attached hydrogen (secondary N) is 1. The maximum atomic E-state index is 13.2. The molecule has 0 aromatic carbocycles. The van der Waals surface area contributed by atoms with Crippen molar-refractivity contribution in [3.63, 3.8) is 0 Å². The molecule has 4 rings (SSSR count). The molecule has 3 heterocycles. The standard InChI is InChI=1S/C26H27N5O5S/c1-14-5-6-17(24(33)34)7-8-18(14)13-36-26-31-30-25(37-26)29-23(32)21-11-27-15(2)9-19(21)20-10-16(3)28-12-22(20)35-4/h6-12,14,18H,5,13H2,1-4H3,(H,33,34)(H,29,30,32). The number of aryl methyl sites for hydroxylation is 2. The van der Waals surface area contributed by atoms with Crippen molar-refractivity contribution in [2.24, 2.45) is 11.8 Å². The number of allylic oxidation sites excluding steroid dienone is 1. The molecule has 3 aromatic rings. The van der Waals surface area contributed by atoms with Crippen molar-refractivity contribution < 1.29 is 24.2 Å². The van der Waals surface area contributed by atoms with E-state index in [2.05, 4.69) is 25.5 Å². The van der Waals surface area contributed by atoms with Crippen LogP contribution < -0.4 is 14.8 Å². The summed E-state index contributed by atoms with van der Waals surface area (Å²) in [6.07, 6.45) is 8.96. The molecule has 192 valence electrons. The topological polar surface area (TPSA) is 136 Å². The Morgan fingerprint density at radius 3 is 2.59 bits per heavy atom. The summed E-state index contributed by atoms with van der Waals surface area (Å²) in [5.41, 5.74) is 3.57. The number of carbonyl (C=O) groups excluding carboxylic acids is 1. The maximum Gasteiger partial charge on any atom is 0.335 e. The van der Waals surface area contributed by atoms with Crippen molar-refractivity contribution in [1.82, 2.24) is 20.2 Å². The van der Waals surface area contributed by atoms with Gasteiger partial charge in [0, 0.05) is 34.6 Å². The van der Waals surface area contributed by atoms with E-state index in [9.17, 15) is 14.7 Å². The zero-order valence-electron chi connectivity index (χ0n) is 20.9. The van der Waals surface area contributed by atoms with Crippen LogP contribution in [0.1, 0.15) is 35.1 Å². The Morgan fingerprint density at radius 2 is 1.86 bits per heavy atom. The largest absolute Gasteiger partial charge is 0.494 e. The molecule has 0 fully saturated rings. The number of nitrogens with zero attached hydrogens (tertiary/aromatic N) is 4. The highest BCUT2D eigenvalue weighted by Crippen LogP contribution is 2.33. The number of pyridine rings is 2. The Kier molecular flexibility index (Phi) is 7.92. The Morgan fingerprint density at radius 1 is 1.14 bits per heavy atom. The van der Waals surface area contributed by atoms with Gasteiger partial charge in [0.15, 0.2) is 0 Å². The van der Waals surface area contributed by atoms with Crippen LogP contribution in [0.2, 0.25) is 0 Å². The van der Waals surface area contributed by atoms with Gasteiger partial charge in [-0.05, 0) is 49.7 Å². The molecule has 3 aromatic heterocycles. The third-order valence-electron chi connectivity index (χ3n) is 6.04. The summed E-state index contributed by atoms with van der Waals surface area (Å²) in [7, 11) is 1.56. The van der Waals surface area contributed by atoms with E-state index in [0.717, 1.165) is 28.3 Å². The molecule has 0 spiro atoms. The van der Waals surface area contributed by atoms with Crippen LogP contribution in [-0.2, 0) is 4.79 Å². The van der Waals surface area contributed by atoms with Crippen molar-refractivity contribution in [2.75, 3.05) is 19.0 Å². The highest BCUT2D eigenvalue weighted by molar-refractivity contribution is 7.17. The van der Waals surface area contributed by atoms with E-state index in [1.54, 1.807) is 25.5 Å². The van der Waals surface area contributed by atoms with Crippen molar-refractivity contribution >= 4 is 28.3 Å². The summed E-state index contributed by atoms with van der Waals surface area (Å²) in [6.45, 7) is 6.07. The molecule has 0 aliphatic heterocycles. The average molecular weight is 522 g/mol. The fourth-order valence-corrected chi connectivity index (χ4v) is 4.49. The van der Waals surface area contributed by atoms with E-state index in [-0.39, 0.29) is 22.5 Å². The van der Waals surface area contributed by atoms with Gasteiger partial charge in [0.2, 0.25) is 5.13 Å². The monoisotopic (exact) mass is 521 g/mol. The second kappa shape index (κ2) is 11.3. The predicted octanol–water partition coefficient (Wildman–Crippen LogP) is 4.47. The summed E-state index contributed by atoms with van der Waals surface area (Å²) in [5, 5.41) is 20.6. The maximum absolute atomic E-state index is 13.2. The molecule has 10 nitrogen and oxygen atoms in total. The second-order valence-electron chi connectivity index (χ2n) is 8.74. The lowest BCUT2D eigenvalue weighted by Crippen LogP contribution is -2.17. The number of rotatable bonds is 8. The molecule has 0 radical (unpaired) electrons. The van der Waals surface area contributed by atoms with Gasteiger partial charge in [-0.25, -0.2) is 4.79 Å². The average Bonchev–Trinajstić information content (AvgIpc) is 3.22. The van der Waals surface area contributed by atoms with Crippen LogP contribution in [0.25, 0.3) is 11.1 Å². The van der Waals surface area contributed by atoms with Gasteiger partial charge in [0.1, 0.15) is 5.75 Å². The van der Waals surface area contributed by atoms with E-state index >= 15 is 0 Å². The fraction of sp³-hybridized carbons (Fsp3) is 0.308. The Bertz CT molecular complexity index is 1380. The van der Waals surface area contributed by atoms with Crippen molar-refractivity contribution in [2.45, 2.75) is 27.2 Å². The van der Waals surface area contributed by atoms with Crippen molar-refractivity contribution in [3.8, 4) is 22.1 Å². The molecule has 1 aliphatic carbocycles. The van der Waals surface area contributed by atoms with Crippen molar-refractivity contribution in [3.05, 3.63) is 65.3 Å². The van der Waals surface area contributed by atoms with Gasteiger partial charge >= 0.3 is 5.97 Å². The normalized spacial score (nSPS) is 17.0. The van der Waals surface area contributed by atoms with E-state index in [1.165, 1.54) is 6.20 Å². The molecule has 37 heavy (non-hydrogen) atoms. The predicted molar refractivity (Wildman–Crippen MR) is 139 cm³/mol. The van der Waals surface area contributed by atoms with Crippen LogP contribution in [0.3, 0.4) is 0 Å². The van der Waals surface area contributed by atoms with Gasteiger partial charge in [-0.3, -0.25) is 20.1 Å². The van der Waals surface area contributed by atoms with E-state index < -0.39 is 11.9 Å². The lowest BCUT2D eigenvalue weighted by Gasteiger charge is -2.17. The number of ether oxygens (including phenoxy) is 2. The first kappa shape index (κ1) is 26.0. The molecule has 2 unspecified atom stereocenters. The Hall–Kier alpha value is -4.12. The fourth-order valence-electron chi connectivity index (χ4n) is 3.89. The Labute approximate surface area is 218 Å². The number of carboxylic acid groups (broad SMARTS) is 1. The smallest absolute Gasteiger partial charge is 0.335 e. The highest BCUT2D eigenvalue weighted by atomic mass is 32.1. The summed E-state index contributed by atoms with van der Waals surface area (Å²) < 4.78 is 11.3. The molecular formula is C26H27N5O5S. The number of hydrogen-bond acceptors (Lipinski definition) is 9. The number of anilines is 1. The number of hydrogen-bond donors (Lipinski definition) is 2. The quantitative estimate of drug-likeness (QED) is 0.440. The van der Waals surface area contributed by atoms with Crippen LogP contribution >= 0.6 is 11.3 Å². The highest BCUT2D eigenvalue weighted by Gasteiger charge is 2.21. The van der Waals surface area contributed by atoms with Crippen LogP contribution in [0.15, 0.2) is 48.3 Å². The number of methoxy groups -OCH3 is 1. The summed E-state index contributed by atoms with van der Waals surface area (Å²) in [4.78, 5) is 33.0.